The van der Waals surface area contributed by atoms with Crippen LogP contribution in [0.4, 0.5) is 22.0 Å². The number of rotatable bonds is 5. The lowest BCUT2D eigenvalue weighted by Crippen LogP contribution is -2.45. The Balaban J connectivity index is 4.37. The molecule has 0 unspecified atom stereocenters. The van der Waals surface area contributed by atoms with E-state index in [1.54, 1.807) is 13.8 Å². The average molecular weight is 248 g/mol. The second-order valence-electron chi connectivity index (χ2n) is 3.35. The summed E-state index contributed by atoms with van der Waals surface area (Å²) in [7, 11) is 0. The van der Waals surface area contributed by atoms with Crippen molar-refractivity contribution in [3.8, 4) is 0 Å². The van der Waals surface area contributed by atoms with E-state index in [-0.39, 0.29) is 5.92 Å². The van der Waals surface area contributed by atoms with Crippen molar-refractivity contribution in [2.24, 2.45) is 5.92 Å². The highest BCUT2D eigenvalue weighted by molar-refractivity contribution is 5.78. The number of ether oxygens (including phenoxy) is 1. The van der Waals surface area contributed by atoms with E-state index in [0.717, 1.165) is 0 Å². The summed E-state index contributed by atoms with van der Waals surface area (Å²) in [5.41, 5.74) is 0. The van der Waals surface area contributed by atoms with Crippen molar-refractivity contribution in [1.82, 2.24) is 0 Å². The van der Waals surface area contributed by atoms with Crippen LogP contribution in [0.1, 0.15) is 26.7 Å². The highest BCUT2D eigenvalue weighted by Crippen LogP contribution is 2.36. The van der Waals surface area contributed by atoms with Crippen molar-refractivity contribution in [2.75, 3.05) is 6.61 Å². The molecule has 0 aliphatic heterocycles. The minimum Gasteiger partial charge on any atom is -0.461 e. The van der Waals surface area contributed by atoms with Crippen LogP contribution in [0.2, 0.25) is 0 Å². The van der Waals surface area contributed by atoms with Crippen LogP contribution in [0.25, 0.3) is 0 Å². The predicted octanol–water partition coefficient (Wildman–Crippen LogP) is 3.16. The highest BCUT2D eigenvalue weighted by atomic mass is 19.4. The Bertz CT molecular complexity index is 233. The fraction of sp³-hybridized carbons (Fsp3) is 0.889. The first-order chi connectivity index (χ1) is 7.16. The lowest BCUT2D eigenvalue weighted by Gasteiger charge is -2.19. The Morgan fingerprint density at radius 2 is 1.56 bits per heavy atom. The van der Waals surface area contributed by atoms with Gasteiger partial charge in [-0.25, -0.2) is 4.79 Å². The van der Waals surface area contributed by atoms with E-state index in [1.165, 1.54) is 0 Å². The molecule has 16 heavy (non-hydrogen) atoms. The van der Waals surface area contributed by atoms with Crippen LogP contribution in [0.5, 0.6) is 0 Å². The van der Waals surface area contributed by atoms with E-state index < -0.39 is 24.7 Å². The van der Waals surface area contributed by atoms with Gasteiger partial charge >= 0.3 is 18.1 Å². The summed E-state index contributed by atoms with van der Waals surface area (Å²) in [5.74, 6) is -8.17. The molecule has 0 aromatic carbocycles. The van der Waals surface area contributed by atoms with Gasteiger partial charge in [0, 0.05) is 0 Å². The second kappa shape index (κ2) is 5.45. The predicted molar refractivity (Wildman–Crippen MR) is 46.0 cm³/mol. The maximum Gasteiger partial charge on any atom is 0.465 e. The van der Waals surface area contributed by atoms with Crippen molar-refractivity contribution < 1.29 is 31.5 Å². The quantitative estimate of drug-likeness (QED) is 0.551. The molecule has 0 rings (SSSR count). The molecule has 0 saturated heterocycles. The topological polar surface area (TPSA) is 26.3 Å². The van der Waals surface area contributed by atoms with Crippen molar-refractivity contribution >= 4 is 5.97 Å². The third-order valence-corrected chi connectivity index (χ3v) is 2.22. The van der Waals surface area contributed by atoms with Gasteiger partial charge in [-0.1, -0.05) is 26.7 Å². The summed E-state index contributed by atoms with van der Waals surface area (Å²) < 4.78 is 63.9. The zero-order chi connectivity index (χ0) is 13.0. The third-order valence-electron chi connectivity index (χ3n) is 2.22. The molecular weight excluding hydrogens is 235 g/mol. The van der Waals surface area contributed by atoms with Gasteiger partial charge < -0.3 is 4.74 Å². The number of hydrogen-bond acceptors (Lipinski definition) is 2. The van der Waals surface area contributed by atoms with Gasteiger partial charge in [-0.15, -0.1) is 0 Å². The Kier molecular flexibility index (Phi) is 5.15. The molecule has 7 heteroatoms. The number of hydrogen-bond donors (Lipinski definition) is 0. The van der Waals surface area contributed by atoms with Crippen molar-refractivity contribution in [3.63, 3.8) is 0 Å². The molecule has 0 saturated carbocycles. The molecule has 0 fully saturated rings. The summed E-state index contributed by atoms with van der Waals surface area (Å²) in [6, 6.07) is 0. The Labute approximate surface area is 89.8 Å². The second-order valence-corrected chi connectivity index (χ2v) is 3.35. The number of esters is 1. The monoisotopic (exact) mass is 248 g/mol. The van der Waals surface area contributed by atoms with Crippen LogP contribution >= 0.6 is 0 Å². The van der Waals surface area contributed by atoms with Gasteiger partial charge in [0.15, 0.2) is 0 Å². The van der Waals surface area contributed by atoms with Crippen molar-refractivity contribution in [1.29, 1.82) is 0 Å². The van der Waals surface area contributed by atoms with E-state index in [4.69, 9.17) is 0 Å². The van der Waals surface area contributed by atoms with E-state index in [2.05, 4.69) is 4.74 Å². The molecule has 0 aliphatic carbocycles. The van der Waals surface area contributed by atoms with Gasteiger partial charge in [0.05, 0.1) is 6.61 Å². The summed E-state index contributed by atoms with van der Waals surface area (Å²) in [4.78, 5) is 10.6. The molecule has 0 aliphatic rings. The Hall–Kier alpha value is -0.880. The van der Waals surface area contributed by atoms with Gasteiger partial charge in [-0.3, -0.25) is 0 Å². The van der Waals surface area contributed by atoms with Gasteiger partial charge in [-0.05, 0) is 5.92 Å². The third kappa shape index (κ3) is 3.61. The fourth-order valence-electron chi connectivity index (χ4n) is 0.924. The molecule has 0 heterocycles. The van der Waals surface area contributed by atoms with Gasteiger partial charge in [0.2, 0.25) is 0 Å². The normalized spacial score (nSPS) is 13.0. The van der Waals surface area contributed by atoms with E-state index in [9.17, 15) is 26.7 Å². The lowest BCUT2D eigenvalue weighted by atomic mass is 10.1. The number of carbonyl (C=O) groups excluding carboxylic acids is 1. The Morgan fingerprint density at radius 3 is 1.88 bits per heavy atom. The average Bonchev–Trinajstić information content (AvgIpc) is 2.17. The largest absolute Gasteiger partial charge is 0.465 e. The first-order valence-corrected chi connectivity index (χ1v) is 4.78. The molecule has 96 valence electrons. The van der Waals surface area contributed by atoms with Crippen LogP contribution < -0.4 is 0 Å². The summed E-state index contributed by atoms with van der Waals surface area (Å²) in [5, 5.41) is 0. The number of alkyl halides is 5. The number of carbonyl (C=O) groups is 1. The number of halogens is 5. The zero-order valence-corrected chi connectivity index (χ0v) is 8.90. The van der Waals surface area contributed by atoms with Gasteiger partial charge in [-0.2, -0.15) is 22.0 Å². The summed E-state index contributed by atoms with van der Waals surface area (Å²) in [6.07, 6.45) is -4.82. The molecule has 0 aromatic rings. The van der Waals surface area contributed by atoms with Crippen LogP contribution in [0.3, 0.4) is 0 Å². The molecule has 0 aromatic heterocycles. The molecule has 0 bridgehead atoms. The lowest BCUT2D eigenvalue weighted by molar-refractivity contribution is -0.280. The van der Waals surface area contributed by atoms with E-state index in [0.29, 0.717) is 12.8 Å². The minimum atomic E-state index is -5.90. The smallest absolute Gasteiger partial charge is 0.461 e. The Morgan fingerprint density at radius 1 is 1.12 bits per heavy atom. The van der Waals surface area contributed by atoms with Gasteiger partial charge in [0.25, 0.3) is 0 Å². The SMILES string of the molecule is CCC(CC)COC(=O)C(F)(F)C(F)(F)F. The maximum atomic E-state index is 12.4. The minimum absolute atomic E-state index is 0.201. The van der Waals surface area contributed by atoms with Crippen LogP contribution in [-0.2, 0) is 9.53 Å². The summed E-state index contributed by atoms with van der Waals surface area (Å²) >= 11 is 0. The molecule has 0 atom stereocenters. The van der Waals surface area contributed by atoms with Crippen LogP contribution in [0.15, 0.2) is 0 Å². The first kappa shape index (κ1) is 15.1. The van der Waals surface area contributed by atoms with Crippen LogP contribution in [0, 0.1) is 5.92 Å². The molecule has 2 nitrogen and oxygen atoms in total. The van der Waals surface area contributed by atoms with E-state index >= 15 is 0 Å². The molecule has 0 radical (unpaired) electrons. The van der Waals surface area contributed by atoms with Gasteiger partial charge in [0.1, 0.15) is 0 Å². The van der Waals surface area contributed by atoms with Crippen molar-refractivity contribution in [3.05, 3.63) is 0 Å². The standard InChI is InChI=1S/C9H13F5O2/c1-3-6(4-2)5-16-7(15)8(10,11)9(12,13)14/h6H,3-5H2,1-2H3. The summed E-state index contributed by atoms with van der Waals surface area (Å²) in [6.45, 7) is 3.03. The fourth-order valence-corrected chi connectivity index (χ4v) is 0.924. The first-order valence-electron chi connectivity index (χ1n) is 4.78. The van der Waals surface area contributed by atoms with Crippen molar-refractivity contribution in [2.45, 2.75) is 38.8 Å². The molecular formula is C9H13F5O2. The van der Waals surface area contributed by atoms with E-state index in [1.807, 2.05) is 0 Å². The molecule has 0 N–H and O–H groups in total. The molecule has 0 spiro atoms. The zero-order valence-electron chi connectivity index (χ0n) is 8.90. The highest BCUT2D eigenvalue weighted by Gasteiger charge is 2.64. The molecule has 0 amide bonds. The maximum absolute atomic E-state index is 12.4. The van der Waals surface area contributed by atoms with Crippen LogP contribution in [-0.4, -0.2) is 24.7 Å².